The first kappa shape index (κ1) is 11.7. The lowest BCUT2D eigenvalue weighted by Gasteiger charge is -2.33. The van der Waals surface area contributed by atoms with Crippen molar-refractivity contribution in [3.63, 3.8) is 0 Å². The number of hydrogen-bond acceptors (Lipinski definition) is 3. The average Bonchev–Trinajstić information content (AvgIpc) is 2.89. The van der Waals surface area contributed by atoms with E-state index < -0.39 is 0 Å². The van der Waals surface area contributed by atoms with E-state index in [0.717, 1.165) is 29.9 Å². The van der Waals surface area contributed by atoms with Gasteiger partial charge in [0.25, 0.3) is 0 Å². The third-order valence-corrected chi connectivity index (χ3v) is 4.76. The van der Waals surface area contributed by atoms with Crippen LogP contribution in [-0.2, 0) is 6.42 Å². The van der Waals surface area contributed by atoms with E-state index in [1.807, 2.05) is 11.6 Å². The largest absolute Gasteiger partial charge is 0.297 e. The Morgan fingerprint density at radius 3 is 3.28 bits per heavy atom. The Balaban J connectivity index is 1.85. The molecule has 1 aliphatic carbocycles. The molecule has 18 heavy (non-hydrogen) atoms. The highest BCUT2D eigenvalue weighted by Gasteiger charge is 2.35. The highest BCUT2D eigenvalue weighted by atomic mass is 32.1. The lowest BCUT2D eigenvalue weighted by molar-refractivity contribution is 0.208. The number of nitriles is 1. The molecule has 2 aromatic rings. The van der Waals surface area contributed by atoms with Crippen LogP contribution in [0.25, 0.3) is 4.96 Å². The minimum Gasteiger partial charge on any atom is -0.297 e. The van der Waals surface area contributed by atoms with Gasteiger partial charge in [0.05, 0.1) is 17.2 Å². The lowest BCUT2D eigenvalue weighted by atomic mass is 9.69. The van der Waals surface area contributed by atoms with Crippen LogP contribution in [0.3, 0.4) is 0 Å². The molecular formula is C14H17N3S. The first-order chi connectivity index (χ1) is 8.71. The highest BCUT2D eigenvalue weighted by Crippen LogP contribution is 2.41. The van der Waals surface area contributed by atoms with Gasteiger partial charge >= 0.3 is 0 Å². The van der Waals surface area contributed by atoms with E-state index in [-0.39, 0.29) is 5.41 Å². The highest BCUT2D eigenvalue weighted by molar-refractivity contribution is 7.15. The monoisotopic (exact) mass is 259 g/mol. The van der Waals surface area contributed by atoms with E-state index in [1.165, 1.54) is 12.8 Å². The van der Waals surface area contributed by atoms with Crippen LogP contribution >= 0.6 is 11.3 Å². The van der Waals surface area contributed by atoms with E-state index in [4.69, 9.17) is 0 Å². The van der Waals surface area contributed by atoms with Crippen LogP contribution in [0.2, 0.25) is 0 Å². The molecule has 2 unspecified atom stereocenters. The van der Waals surface area contributed by atoms with Gasteiger partial charge in [-0.2, -0.15) is 5.26 Å². The maximum absolute atomic E-state index is 9.56. The molecule has 3 rings (SSSR count). The topological polar surface area (TPSA) is 41.1 Å². The first-order valence-corrected chi connectivity index (χ1v) is 7.41. The quantitative estimate of drug-likeness (QED) is 0.826. The summed E-state index contributed by atoms with van der Waals surface area (Å²) in [6.45, 7) is 2.26. The molecule has 2 heterocycles. The van der Waals surface area contributed by atoms with Crippen molar-refractivity contribution < 1.29 is 0 Å². The number of nitrogens with zero attached hydrogens (tertiary/aromatic N) is 3. The maximum atomic E-state index is 9.56. The van der Waals surface area contributed by atoms with Crippen molar-refractivity contribution in [2.75, 3.05) is 0 Å². The second-order valence-corrected chi connectivity index (χ2v) is 6.47. The van der Waals surface area contributed by atoms with Crippen LogP contribution in [0.4, 0.5) is 0 Å². The van der Waals surface area contributed by atoms with E-state index in [2.05, 4.69) is 28.6 Å². The second-order valence-electron chi connectivity index (χ2n) is 5.60. The van der Waals surface area contributed by atoms with Gasteiger partial charge in [-0.15, -0.1) is 11.3 Å². The summed E-state index contributed by atoms with van der Waals surface area (Å²) in [6.07, 6.45) is 9.40. The normalized spacial score (nSPS) is 28.3. The molecule has 3 nitrogen and oxygen atoms in total. The first-order valence-electron chi connectivity index (χ1n) is 6.53. The Bertz CT molecular complexity index is 563. The van der Waals surface area contributed by atoms with Crippen LogP contribution in [0.1, 0.15) is 38.3 Å². The number of thiazole rings is 1. The zero-order valence-electron chi connectivity index (χ0n) is 10.6. The molecule has 0 amide bonds. The summed E-state index contributed by atoms with van der Waals surface area (Å²) < 4.78 is 2.05. The number of hydrogen-bond donors (Lipinski definition) is 0. The third-order valence-electron chi connectivity index (χ3n) is 3.99. The van der Waals surface area contributed by atoms with Crippen LogP contribution in [0, 0.1) is 22.7 Å². The molecule has 0 saturated heterocycles. The minimum absolute atomic E-state index is 0.179. The molecule has 0 radical (unpaired) electrons. The van der Waals surface area contributed by atoms with Gasteiger partial charge in [-0.05, 0) is 18.8 Å². The molecule has 0 spiro atoms. The van der Waals surface area contributed by atoms with Gasteiger partial charge in [0.1, 0.15) is 0 Å². The smallest absolute Gasteiger partial charge is 0.193 e. The summed E-state index contributed by atoms with van der Waals surface area (Å²) >= 11 is 1.65. The molecular weight excluding hydrogens is 242 g/mol. The molecule has 4 heteroatoms. The molecule has 0 aromatic carbocycles. The zero-order chi connectivity index (χ0) is 12.6. The molecule has 2 atom stereocenters. The number of fused-ring (bicyclic) bond motifs is 1. The predicted octanol–water partition coefficient (Wildman–Crippen LogP) is 3.66. The van der Waals surface area contributed by atoms with Crippen molar-refractivity contribution in [2.24, 2.45) is 11.3 Å². The van der Waals surface area contributed by atoms with Gasteiger partial charge in [0, 0.05) is 24.2 Å². The molecule has 94 valence electrons. The standard InChI is InChI=1S/C14H17N3S/c1-11-3-2-4-14(7-11,10-15)8-12-9-17-5-6-18-13(17)16-12/h5-6,9,11H,2-4,7-8H2,1H3. The number of imidazole rings is 1. The molecule has 1 fully saturated rings. The van der Waals surface area contributed by atoms with E-state index >= 15 is 0 Å². The van der Waals surface area contributed by atoms with Crippen molar-refractivity contribution >= 4 is 16.3 Å². The molecule has 0 aliphatic heterocycles. The molecule has 2 aromatic heterocycles. The van der Waals surface area contributed by atoms with Gasteiger partial charge in [-0.1, -0.05) is 19.8 Å². The maximum Gasteiger partial charge on any atom is 0.193 e. The van der Waals surface area contributed by atoms with Crippen molar-refractivity contribution in [3.05, 3.63) is 23.5 Å². The average molecular weight is 259 g/mol. The Kier molecular flexibility index (Phi) is 2.87. The number of rotatable bonds is 2. The van der Waals surface area contributed by atoms with Crippen LogP contribution in [0.15, 0.2) is 17.8 Å². The summed E-state index contributed by atoms with van der Waals surface area (Å²) in [4.78, 5) is 5.64. The van der Waals surface area contributed by atoms with Gasteiger partial charge in [0.15, 0.2) is 4.96 Å². The summed E-state index contributed by atoms with van der Waals surface area (Å²) in [5.41, 5.74) is 0.888. The van der Waals surface area contributed by atoms with Gasteiger partial charge in [-0.25, -0.2) is 4.98 Å². The van der Waals surface area contributed by atoms with Gasteiger partial charge in [0.2, 0.25) is 0 Å². The predicted molar refractivity (Wildman–Crippen MR) is 72.5 cm³/mol. The Hall–Kier alpha value is -1.34. The number of aromatic nitrogens is 2. The molecule has 0 N–H and O–H groups in total. The summed E-state index contributed by atoms with van der Waals surface area (Å²) in [6, 6.07) is 2.59. The van der Waals surface area contributed by atoms with Crippen LogP contribution < -0.4 is 0 Å². The zero-order valence-corrected chi connectivity index (χ0v) is 11.4. The van der Waals surface area contributed by atoms with E-state index in [1.54, 1.807) is 11.3 Å². The van der Waals surface area contributed by atoms with Crippen molar-refractivity contribution in [2.45, 2.75) is 39.0 Å². The fourth-order valence-electron chi connectivity index (χ4n) is 3.17. The SMILES string of the molecule is CC1CCCC(C#N)(Cc2cn3ccsc3n2)C1. The van der Waals surface area contributed by atoms with Gasteiger partial charge in [-0.3, -0.25) is 4.40 Å². The lowest BCUT2D eigenvalue weighted by Crippen LogP contribution is -2.28. The van der Waals surface area contributed by atoms with E-state index in [9.17, 15) is 5.26 Å². The van der Waals surface area contributed by atoms with Crippen LogP contribution in [0.5, 0.6) is 0 Å². The second kappa shape index (κ2) is 4.40. The summed E-state index contributed by atoms with van der Waals surface area (Å²) in [7, 11) is 0. The van der Waals surface area contributed by atoms with Crippen LogP contribution in [-0.4, -0.2) is 9.38 Å². The van der Waals surface area contributed by atoms with Crippen molar-refractivity contribution in [1.82, 2.24) is 9.38 Å². The summed E-state index contributed by atoms with van der Waals surface area (Å²) in [5, 5.41) is 11.6. The van der Waals surface area contributed by atoms with Crippen molar-refractivity contribution in [1.29, 1.82) is 5.26 Å². The third kappa shape index (κ3) is 2.04. The summed E-state index contributed by atoms with van der Waals surface area (Å²) in [5.74, 6) is 0.669. The molecule has 0 bridgehead atoms. The Morgan fingerprint density at radius 1 is 1.67 bits per heavy atom. The fraction of sp³-hybridized carbons (Fsp3) is 0.571. The van der Waals surface area contributed by atoms with E-state index in [0.29, 0.717) is 5.92 Å². The Labute approximate surface area is 111 Å². The Morgan fingerprint density at radius 2 is 2.56 bits per heavy atom. The fourth-order valence-corrected chi connectivity index (χ4v) is 3.89. The van der Waals surface area contributed by atoms with Crippen molar-refractivity contribution in [3.8, 4) is 6.07 Å². The minimum atomic E-state index is -0.179. The molecule has 1 saturated carbocycles. The molecule has 1 aliphatic rings. The van der Waals surface area contributed by atoms with Gasteiger partial charge < -0.3 is 0 Å².